The van der Waals surface area contributed by atoms with Crippen LogP contribution < -0.4 is 26.6 Å². The van der Waals surface area contributed by atoms with Crippen LogP contribution >= 0.6 is 15.9 Å². The van der Waals surface area contributed by atoms with Crippen molar-refractivity contribution >= 4 is 45.5 Å². The molecular weight excluding hydrogens is 634 g/mol. The Labute approximate surface area is 266 Å². The number of hydrogen-bond acceptors (Lipinski definition) is 7. The fourth-order valence-corrected chi connectivity index (χ4v) is 4.31. The topological polar surface area (TPSA) is 175 Å². The maximum atomic E-state index is 12.7. The second-order valence-electron chi connectivity index (χ2n) is 10.1. The molecule has 0 aliphatic rings. The molecular formula is C31H42BrN5O7. The first-order chi connectivity index (χ1) is 21.2. The van der Waals surface area contributed by atoms with Gasteiger partial charge in [-0.05, 0) is 49.3 Å². The number of hydrogen-bond donors (Lipinski definition) is 6. The lowest BCUT2D eigenvalue weighted by Crippen LogP contribution is -2.51. The van der Waals surface area contributed by atoms with Crippen molar-refractivity contribution in [3.8, 4) is 0 Å². The minimum atomic E-state index is -0.877. The van der Waals surface area contributed by atoms with E-state index in [2.05, 4.69) is 66.8 Å². The Kier molecular flexibility index (Phi) is 17.4. The van der Waals surface area contributed by atoms with Gasteiger partial charge in [-0.1, -0.05) is 70.5 Å². The van der Waals surface area contributed by atoms with Crippen molar-refractivity contribution in [3.05, 3.63) is 71.3 Å². The zero-order valence-electron chi connectivity index (χ0n) is 24.9. The fraction of sp³-hybridized carbons (Fsp3) is 0.452. The van der Waals surface area contributed by atoms with Crippen LogP contribution in [0.4, 0.5) is 0 Å². The third-order valence-corrected chi connectivity index (χ3v) is 6.92. The molecule has 240 valence electrons. The molecule has 0 heterocycles. The van der Waals surface area contributed by atoms with Crippen LogP contribution in [0.5, 0.6) is 0 Å². The highest BCUT2D eigenvalue weighted by Crippen LogP contribution is 2.12. The third kappa shape index (κ3) is 15.1. The monoisotopic (exact) mass is 675 g/mol. The number of unbranched alkanes of at least 4 members (excludes halogenated alkanes) is 1. The van der Waals surface area contributed by atoms with Crippen molar-refractivity contribution in [2.75, 3.05) is 31.8 Å². The summed E-state index contributed by atoms with van der Waals surface area (Å²) in [5, 5.41) is 21.6. The van der Waals surface area contributed by atoms with Gasteiger partial charge in [0.15, 0.2) is 0 Å². The van der Waals surface area contributed by atoms with Crippen molar-refractivity contribution in [3.63, 3.8) is 0 Å². The molecule has 5 amide bonds. The van der Waals surface area contributed by atoms with Gasteiger partial charge in [0, 0.05) is 13.0 Å². The molecule has 0 spiro atoms. The molecule has 2 rings (SSSR count). The molecule has 0 saturated carbocycles. The normalized spacial score (nSPS) is 12.0. The number of nitrogens with one attached hydrogen (secondary N) is 5. The maximum absolute atomic E-state index is 12.7. The molecule has 6 N–H and O–H groups in total. The van der Waals surface area contributed by atoms with Crippen LogP contribution in [0.2, 0.25) is 0 Å². The molecule has 44 heavy (non-hydrogen) atoms. The second-order valence-corrected chi connectivity index (χ2v) is 10.7. The van der Waals surface area contributed by atoms with Gasteiger partial charge in [-0.2, -0.15) is 0 Å². The molecule has 0 aromatic heterocycles. The first kappa shape index (κ1) is 36.4. The van der Waals surface area contributed by atoms with Gasteiger partial charge in [-0.15, -0.1) is 0 Å². The number of halogens is 1. The van der Waals surface area contributed by atoms with Crippen LogP contribution in [-0.2, 0) is 41.7 Å². The van der Waals surface area contributed by atoms with Gasteiger partial charge in [0.25, 0.3) is 0 Å². The first-order valence-electron chi connectivity index (χ1n) is 14.5. The molecule has 0 saturated heterocycles. The van der Waals surface area contributed by atoms with Crippen LogP contribution in [0.15, 0.2) is 54.6 Å². The van der Waals surface area contributed by atoms with E-state index in [1.165, 1.54) is 12.5 Å². The van der Waals surface area contributed by atoms with Crippen molar-refractivity contribution in [2.45, 2.75) is 57.7 Å². The lowest BCUT2D eigenvalue weighted by molar-refractivity contribution is -0.131. The number of rotatable bonds is 20. The van der Waals surface area contributed by atoms with E-state index in [0.29, 0.717) is 26.0 Å². The van der Waals surface area contributed by atoms with Crippen molar-refractivity contribution in [1.82, 2.24) is 26.6 Å². The number of carbonyl (C=O) groups is 5. The highest BCUT2D eigenvalue weighted by atomic mass is 79.9. The second kappa shape index (κ2) is 21.0. The number of alkyl halides is 1. The maximum Gasteiger partial charge on any atom is 0.244 e. The van der Waals surface area contributed by atoms with Crippen LogP contribution in [0, 0.1) is 0 Å². The SMILES string of the molecule is CC(NC(=O)CNC(=O)[C@H](CCCCNC(=O)CCO)NC(=O)CBr)C(=O)NCOCc1cccc(Cc2ccccc2)c1. The minimum absolute atomic E-state index is 0.00542. The molecule has 1 unspecified atom stereocenters. The van der Waals surface area contributed by atoms with E-state index in [1.807, 2.05) is 30.3 Å². The number of ether oxygens (including phenoxy) is 1. The van der Waals surface area contributed by atoms with E-state index in [1.54, 1.807) is 0 Å². The highest BCUT2D eigenvalue weighted by Gasteiger charge is 2.22. The summed E-state index contributed by atoms with van der Waals surface area (Å²) in [6.45, 7) is 1.53. The third-order valence-electron chi connectivity index (χ3n) is 6.41. The van der Waals surface area contributed by atoms with Gasteiger partial charge in [0.1, 0.15) is 18.8 Å². The average molecular weight is 677 g/mol. The quantitative estimate of drug-likeness (QED) is 0.0690. The predicted molar refractivity (Wildman–Crippen MR) is 168 cm³/mol. The molecule has 0 bridgehead atoms. The summed E-state index contributed by atoms with van der Waals surface area (Å²) < 4.78 is 5.60. The molecule has 0 fully saturated rings. The van der Waals surface area contributed by atoms with Crippen molar-refractivity contribution in [1.29, 1.82) is 0 Å². The van der Waals surface area contributed by atoms with Gasteiger partial charge < -0.3 is 36.4 Å². The molecule has 2 aromatic rings. The number of benzene rings is 2. The van der Waals surface area contributed by atoms with Gasteiger partial charge in [0.2, 0.25) is 29.5 Å². The Morgan fingerprint density at radius 2 is 1.55 bits per heavy atom. The molecule has 0 aliphatic heterocycles. The Balaban J connectivity index is 1.69. The Hall–Kier alpha value is -3.81. The summed E-state index contributed by atoms with van der Waals surface area (Å²) in [4.78, 5) is 60.7. The van der Waals surface area contributed by atoms with Gasteiger partial charge in [-0.25, -0.2) is 0 Å². The van der Waals surface area contributed by atoms with E-state index in [-0.39, 0.29) is 44.0 Å². The van der Waals surface area contributed by atoms with Crippen LogP contribution in [0.25, 0.3) is 0 Å². The lowest BCUT2D eigenvalue weighted by atomic mass is 10.0. The summed E-state index contributed by atoms with van der Waals surface area (Å²) in [6, 6.07) is 16.4. The molecule has 2 aromatic carbocycles. The fourth-order valence-electron chi connectivity index (χ4n) is 4.15. The van der Waals surface area contributed by atoms with Gasteiger partial charge in [0.05, 0.1) is 25.1 Å². The summed E-state index contributed by atoms with van der Waals surface area (Å²) in [6.07, 6.45) is 2.20. The van der Waals surface area contributed by atoms with E-state index in [0.717, 1.165) is 17.5 Å². The van der Waals surface area contributed by atoms with Crippen LogP contribution in [0.3, 0.4) is 0 Å². The summed E-state index contributed by atoms with van der Waals surface area (Å²) in [5.41, 5.74) is 3.34. The number of aliphatic hydroxyl groups is 1. The van der Waals surface area contributed by atoms with Crippen LogP contribution in [0.1, 0.15) is 49.3 Å². The van der Waals surface area contributed by atoms with Crippen LogP contribution in [-0.4, -0.2) is 78.5 Å². The smallest absolute Gasteiger partial charge is 0.244 e. The number of aliphatic hydroxyl groups excluding tert-OH is 1. The Morgan fingerprint density at radius 1 is 0.818 bits per heavy atom. The summed E-state index contributed by atoms with van der Waals surface area (Å²) in [5.74, 6) is -2.23. The highest BCUT2D eigenvalue weighted by molar-refractivity contribution is 9.09. The predicted octanol–water partition coefficient (Wildman–Crippen LogP) is 1.04. The zero-order chi connectivity index (χ0) is 32.2. The Morgan fingerprint density at radius 3 is 2.27 bits per heavy atom. The first-order valence-corrected chi connectivity index (χ1v) is 15.6. The van der Waals surface area contributed by atoms with Crippen molar-refractivity contribution < 1.29 is 33.8 Å². The summed E-state index contributed by atoms with van der Waals surface area (Å²) >= 11 is 3.04. The largest absolute Gasteiger partial charge is 0.396 e. The number of carbonyl (C=O) groups excluding carboxylic acids is 5. The van der Waals surface area contributed by atoms with E-state index in [4.69, 9.17) is 9.84 Å². The molecule has 13 heteroatoms. The summed E-state index contributed by atoms with van der Waals surface area (Å²) in [7, 11) is 0. The standard InChI is InChI=1S/C31H42BrN5O7/c1-22(30(42)35-21-44-20-25-11-7-10-24(17-25)16-23-8-3-2-4-9-23)36-29(41)19-34-31(43)26(37-28(40)18-32)12-5-6-14-33-27(39)13-15-38/h2-4,7-11,17,22,26,38H,5-6,12-16,18-21H2,1H3,(H,33,39)(H,34,43)(H,35,42)(H,36,41)(H,37,40)/t22?,26-/m0/s1. The van der Waals surface area contributed by atoms with E-state index < -0.39 is 35.7 Å². The number of amides is 5. The minimum Gasteiger partial charge on any atom is -0.396 e. The molecule has 12 nitrogen and oxygen atoms in total. The molecule has 2 atom stereocenters. The lowest BCUT2D eigenvalue weighted by Gasteiger charge is -2.19. The van der Waals surface area contributed by atoms with E-state index >= 15 is 0 Å². The molecule has 0 aliphatic carbocycles. The molecule has 0 radical (unpaired) electrons. The zero-order valence-corrected chi connectivity index (χ0v) is 26.5. The average Bonchev–Trinajstić information content (AvgIpc) is 3.01. The Bertz CT molecular complexity index is 1210. The van der Waals surface area contributed by atoms with Gasteiger partial charge >= 0.3 is 0 Å². The van der Waals surface area contributed by atoms with E-state index in [9.17, 15) is 24.0 Å². The van der Waals surface area contributed by atoms with Crippen molar-refractivity contribution in [2.24, 2.45) is 0 Å². The van der Waals surface area contributed by atoms with Gasteiger partial charge in [-0.3, -0.25) is 24.0 Å².